The molecule has 0 radical (unpaired) electrons. The van der Waals surface area contributed by atoms with Crippen molar-refractivity contribution in [3.8, 4) is 0 Å². The lowest BCUT2D eigenvalue weighted by Gasteiger charge is -2.29. The van der Waals surface area contributed by atoms with E-state index in [1.54, 1.807) is 0 Å². The van der Waals surface area contributed by atoms with Gasteiger partial charge in [-0.3, -0.25) is 0 Å². The lowest BCUT2D eigenvalue weighted by atomic mass is 9.73. The largest absolute Gasteiger partial charge is 0.303 e. The van der Waals surface area contributed by atoms with E-state index in [-0.39, 0.29) is 5.41 Å². The summed E-state index contributed by atoms with van der Waals surface area (Å²) in [5.74, 6) is 1.13. The van der Waals surface area contributed by atoms with E-state index in [1.165, 1.54) is 18.3 Å². The van der Waals surface area contributed by atoms with Gasteiger partial charge in [-0.25, -0.2) is 0 Å². The predicted molar refractivity (Wildman–Crippen MR) is 64.0 cm³/mol. The summed E-state index contributed by atoms with van der Waals surface area (Å²) in [5.41, 5.74) is 1.18. The first kappa shape index (κ1) is 9.83. The summed E-state index contributed by atoms with van der Waals surface area (Å²) in [6.07, 6.45) is 8.90. The first-order valence-electron chi connectivity index (χ1n) is 6.01. The normalized spacial score (nSPS) is 35.5. The molecule has 3 atom stereocenters. The molecule has 1 aromatic rings. The number of benzene rings is 1. The van der Waals surface area contributed by atoms with Gasteiger partial charge in [-0.1, -0.05) is 42.5 Å². The summed E-state index contributed by atoms with van der Waals surface area (Å²) in [6.45, 7) is 0. The molecule has 0 amide bonds. The second-order valence-corrected chi connectivity index (χ2v) is 5.20. The fourth-order valence-corrected chi connectivity index (χ4v) is 3.35. The lowest BCUT2D eigenvalue weighted by Crippen LogP contribution is -2.30. The van der Waals surface area contributed by atoms with Gasteiger partial charge >= 0.3 is 0 Å². The van der Waals surface area contributed by atoms with Gasteiger partial charge in [0.15, 0.2) is 0 Å². The molecule has 1 fully saturated rings. The Hall–Kier alpha value is -1.37. The van der Waals surface area contributed by atoms with Crippen LogP contribution < -0.4 is 0 Å². The molecule has 2 aliphatic carbocycles. The summed E-state index contributed by atoms with van der Waals surface area (Å²) in [7, 11) is 0. The Kier molecular flexibility index (Phi) is 2.20. The minimum absolute atomic E-state index is 0.110. The maximum absolute atomic E-state index is 11.5. The number of rotatable bonds is 3. The van der Waals surface area contributed by atoms with Crippen molar-refractivity contribution in [3.63, 3.8) is 0 Å². The first-order chi connectivity index (χ1) is 7.82. The summed E-state index contributed by atoms with van der Waals surface area (Å²) in [5, 5.41) is 0. The highest BCUT2D eigenvalue weighted by molar-refractivity contribution is 5.63. The van der Waals surface area contributed by atoms with Crippen molar-refractivity contribution in [2.45, 2.75) is 19.3 Å². The molecule has 0 N–H and O–H groups in total. The Bertz CT molecular complexity index is 420. The highest BCUT2D eigenvalue weighted by Gasteiger charge is 2.48. The first-order valence-corrected chi connectivity index (χ1v) is 6.01. The van der Waals surface area contributed by atoms with Crippen LogP contribution in [0.4, 0.5) is 0 Å². The number of aldehydes is 1. The van der Waals surface area contributed by atoms with E-state index in [9.17, 15) is 4.79 Å². The molecule has 0 spiro atoms. The van der Waals surface area contributed by atoms with Crippen LogP contribution in [0.2, 0.25) is 0 Å². The number of fused-ring (bicyclic) bond motifs is 2. The van der Waals surface area contributed by atoms with Crippen LogP contribution in [0.15, 0.2) is 42.5 Å². The Balaban J connectivity index is 1.88. The monoisotopic (exact) mass is 212 g/mol. The molecular formula is C15H16O. The van der Waals surface area contributed by atoms with Gasteiger partial charge < -0.3 is 4.79 Å². The summed E-state index contributed by atoms with van der Waals surface area (Å²) >= 11 is 0. The van der Waals surface area contributed by atoms with Gasteiger partial charge in [0.25, 0.3) is 0 Å². The highest BCUT2D eigenvalue weighted by atomic mass is 16.1. The van der Waals surface area contributed by atoms with Crippen LogP contribution in [0.25, 0.3) is 0 Å². The molecule has 2 bridgehead atoms. The van der Waals surface area contributed by atoms with E-state index in [4.69, 9.17) is 0 Å². The van der Waals surface area contributed by atoms with Crippen LogP contribution in [0.3, 0.4) is 0 Å². The molecule has 0 heterocycles. The molecule has 3 rings (SSSR count). The van der Waals surface area contributed by atoms with Crippen molar-refractivity contribution >= 4 is 6.29 Å². The van der Waals surface area contributed by atoms with Crippen LogP contribution in [-0.4, -0.2) is 6.29 Å². The topological polar surface area (TPSA) is 17.1 Å². The average Bonchev–Trinajstić information content (AvgIpc) is 2.91. The fraction of sp³-hybridized carbons (Fsp3) is 0.400. The molecule has 1 nitrogen and oxygen atoms in total. The van der Waals surface area contributed by atoms with Gasteiger partial charge in [0.05, 0.1) is 0 Å². The van der Waals surface area contributed by atoms with Gasteiger partial charge in [0.2, 0.25) is 0 Å². The van der Waals surface area contributed by atoms with Crippen molar-refractivity contribution in [2.24, 2.45) is 17.3 Å². The van der Waals surface area contributed by atoms with E-state index in [1.807, 2.05) is 6.07 Å². The van der Waals surface area contributed by atoms with Crippen LogP contribution in [0.1, 0.15) is 18.4 Å². The SMILES string of the molecule is O=CC1(Cc2ccccc2)CC2C=CC1C2. The molecule has 0 saturated heterocycles. The minimum Gasteiger partial charge on any atom is -0.303 e. The van der Waals surface area contributed by atoms with Crippen molar-refractivity contribution in [1.29, 1.82) is 0 Å². The predicted octanol–water partition coefficient (Wildman–Crippen LogP) is 3.01. The van der Waals surface area contributed by atoms with Crippen LogP contribution in [-0.2, 0) is 11.2 Å². The van der Waals surface area contributed by atoms with E-state index in [0.29, 0.717) is 11.8 Å². The maximum Gasteiger partial charge on any atom is 0.127 e. The Labute approximate surface area is 96.2 Å². The zero-order valence-electron chi connectivity index (χ0n) is 9.30. The van der Waals surface area contributed by atoms with Crippen molar-refractivity contribution < 1.29 is 4.79 Å². The van der Waals surface area contributed by atoms with Gasteiger partial charge in [0, 0.05) is 5.41 Å². The highest BCUT2D eigenvalue weighted by Crippen LogP contribution is 2.52. The van der Waals surface area contributed by atoms with Crippen LogP contribution in [0.5, 0.6) is 0 Å². The smallest absolute Gasteiger partial charge is 0.127 e. The Morgan fingerprint density at radius 3 is 2.62 bits per heavy atom. The van der Waals surface area contributed by atoms with E-state index in [0.717, 1.165) is 12.8 Å². The molecule has 1 aromatic carbocycles. The van der Waals surface area contributed by atoms with Crippen molar-refractivity contribution in [2.75, 3.05) is 0 Å². The van der Waals surface area contributed by atoms with Crippen molar-refractivity contribution in [1.82, 2.24) is 0 Å². The molecule has 2 aliphatic rings. The van der Waals surface area contributed by atoms with Gasteiger partial charge in [-0.15, -0.1) is 0 Å². The van der Waals surface area contributed by atoms with E-state index < -0.39 is 0 Å². The molecule has 3 unspecified atom stereocenters. The fourth-order valence-electron chi connectivity index (χ4n) is 3.35. The van der Waals surface area contributed by atoms with Crippen LogP contribution >= 0.6 is 0 Å². The average molecular weight is 212 g/mol. The molecule has 16 heavy (non-hydrogen) atoms. The van der Waals surface area contributed by atoms with E-state index >= 15 is 0 Å². The van der Waals surface area contributed by atoms with E-state index in [2.05, 4.69) is 36.4 Å². The Morgan fingerprint density at radius 1 is 1.25 bits per heavy atom. The lowest BCUT2D eigenvalue weighted by molar-refractivity contribution is -0.117. The Morgan fingerprint density at radius 2 is 2.06 bits per heavy atom. The molecule has 1 saturated carbocycles. The minimum atomic E-state index is -0.110. The zero-order chi connectivity index (χ0) is 11.0. The van der Waals surface area contributed by atoms with Gasteiger partial charge in [0.1, 0.15) is 6.29 Å². The summed E-state index contributed by atoms with van der Waals surface area (Å²) in [6, 6.07) is 10.4. The quantitative estimate of drug-likeness (QED) is 0.556. The second-order valence-electron chi connectivity index (χ2n) is 5.20. The number of allylic oxidation sites excluding steroid dienone is 2. The number of hydrogen-bond acceptors (Lipinski definition) is 1. The number of hydrogen-bond donors (Lipinski definition) is 0. The standard InChI is InChI=1S/C15H16O/c16-11-15(9-12-4-2-1-3-5-12)10-13-6-7-14(15)8-13/h1-7,11,13-14H,8-10H2. The summed E-state index contributed by atoms with van der Waals surface area (Å²) in [4.78, 5) is 11.5. The number of carbonyl (C=O) groups is 1. The van der Waals surface area contributed by atoms with Gasteiger partial charge in [-0.05, 0) is 36.7 Å². The van der Waals surface area contributed by atoms with Crippen molar-refractivity contribution in [3.05, 3.63) is 48.0 Å². The summed E-state index contributed by atoms with van der Waals surface area (Å²) < 4.78 is 0. The third-order valence-corrected chi connectivity index (χ3v) is 4.16. The van der Waals surface area contributed by atoms with Gasteiger partial charge in [-0.2, -0.15) is 0 Å². The molecule has 1 heteroatoms. The zero-order valence-corrected chi connectivity index (χ0v) is 9.30. The molecule has 0 aliphatic heterocycles. The molecular weight excluding hydrogens is 196 g/mol. The molecule has 82 valence electrons. The third kappa shape index (κ3) is 1.42. The van der Waals surface area contributed by atoms with Crippen LogP contribution in [0, 0.1) is 17.3 Å². The number of carbonyl (C=O) groups excluding carboxylic acids is 1. The molecule has 0 aromatic heterocycles. The maximum atomic E-state index is 11.5. The third-order valence-electron chi connectivity index (χ3n) is 4.16. The second kappa shape index (κ2) is 3.58.